The van der Waals surface area contributed by atoms with Crippen molar-refractivity contribution in [1.29, 1.82) is 0 Å². The molecule has 1 N–H and O–H groups in total. The van der Waals surface area contributed by atoms with Gasteiger partial charge in [-0.1, -0.05) is 15.9 Å². The van der Waals surface area contributed by atoms with Crippen molar-refractivity contribution in [3.63, 3.8) is 0 Å². The lowest BCUT2D eigenvalue weighted by molar-refractivity contribution is -0.121. The Bertz CT molecular complexity index is 820. The van der Waals surface area contributed by atoms with E-state index in [1.807, 2.05) is 18.4 Å². The van der Waals surface area contributed by atoms with E-state index >= 15 is 0 Å². The molecule has 130 valence electrons. The van der Waals surface area contributed by atoms with Gasteiger partial charge in [-0.25, -0.2) is 0 Å². The van der Waals surface area contributed by atoms with Crippen LogP contribution in [0.4, 0.5) is 0 Å². The fourth-order valence-electron chi connectivity index (χ4n) is 2.84. The number of benzene rings is 1. The van der Waals surface area contributed by atoms with Gasteiger partial charge in [-0.05, 0) is 53.9 Å². The van der Waals surface area contributed by atoms with Crippen LogP contribution in [0.2, 0.25) is 0 Å². The monoisotopic (exact) mass is 420 g/mol. The lowest BCUT2D eigenvalue weighted by Crippen LogP contribution is -2.38. The van der Waals surface area contributed by atoms with Gasteiger partial charge in [-0.3, -0.25) is 19.3 Å². The number of amides is 3. The zero-order valence-corrected chi connectivity index (χ0v) is 16.0. The van der Waals surface area contributed by atoms with Crippen molar-refractivity contribution < 1.29 is 14.4 Å². The molecule has 0 spiro atoms. The van der Waals surface area contributed by atoms with Gasteiger partial charge in [-0.2, -0.15) is 11.3 Å². The van der Waals surface area contributed by atoms with Crippen LogP contribution in [0.25, 0.3) is 0 Å². The molecular formula is C18H17BrN2O3S. The van der Waals surface area contributed by atoms with Gasteiger partial charge in [-0.15, -0.1) is 0 Å². The molecule has 0 unspecified atom stereocenters. The van der Waals surface area contributed by atoms with E-state index in [0.717, 1.165) is 15.8 Å². The summed E-state index contributed by atoms with van der Waals surface area (Å²) in [6, 6.07) is 7.03. The Morgan fingerprint density at radius 3 is 2.72 bits per heavy atom. The molecule has 0 aliphatic carbocycles. The minimum atomic E-state index is -0.347. The van der Waals surface area contributed by atoms with E-state index in [1.165, 1.54) is 5.56 Å². The minimum Gasteiger partial charge on any atom is -0.353 e. The first-order valence-electron chi connectivity index (χ1n) is 7.92. The molecule has 0 saturated carbocycles. The van der Waals surface area contributed by atoms with Crippen LogP contribution in [0.5, 0.6) is 0 Å². The van der Waals surface area contributed by atoms with E-state index in [2.05, 4.69) is 26.6 Å². The molecule has 3 rings (SSSR count). The van der Waals surface area contributed by atoms with Crippen molar-refractivity contribution in [2.24, 2.45) is 0 Å². The molecule has 25 heavy (non-hydrogen) atoms. The van der Waals surface area contributed by atoms with E-state index in [4.69, 9.17) is 0 Å². The topological polar surface area (TPSA) is 66.5 Å². The molecule has 5 nitrogen and oxygen atoms in total. The molecule has 1 aliphatic heterocycles. The summed E-state index contributed by atoms with van der Waals surface area (Å²) in [7, 11) is 0. The summed E-state index contributed by atoms with van der Waals surface area (Å²) in [5, 5.41) is 6.97. The summed E-state index contributed by atoms with van der Waals surface area (Å²) >= 11 is 4.93. The van der Waals surface area contributed by atoms with E-state index in [9.17, 15) is 14.4 Å². The summed E-state index contributed by atoms with van der Waals surface area (Å²) < 4.78 is 0.745. The lowest BCUT2D eigenvalue weighted by atomic mass is 10.1. The Morgan fingerprint density at radius 2 is 2.00 bits per heavy atom. The van der Waals surface area contributed by atoms with Crippen molar-refractivity contribution in [3.8, 4) is 0 Å². The van der Waals surface area contributed by atoms with Gasteiger partial charge in [0.15, 0.2) is 0 Å². The summed E-state index contributed by atoms with van der Waals surface area (Å²) in [6.45, 7) is 2.02. The van der Waals surface area contributed by atoms with Crippen molar-refractivity contribution in [2.75, 3.05) is 6.54 Å². The highest BCUT2D eigenvalue weighted by Gasteiger charge is 2.35. The highest BCUT2D eigenvalue weighted by Crippen LogP contribution is 2.26. The predicted octanol–water partition coefficient (Wildman–Crippen LogP) is 3.24. The van der Waals surface area contributed by atoms with E-state index < -0.39 is 0 Å². The third-order valence-corrected chi connectivity index (χ3v) is 5.25. The smallest absolute Gasteiger partial charge is 0.261 e. The summed E-state index contributed by atoms with van der Waals surface area (Å²) in [4.78, 5) is 37.9. The molecule has 3 amide bonds. The van der Waals surface area contributed by atoms with Crippen LogP contribution in [0.3, 0.4) is 0 Å². The van der Waals surface area contributed by atoms with Crippen LogP contribution in [0.1, 0.15) is 39.6 Å². The van der Waals surface area contributed by atoms with Gasteiger partial charge < -0.3 is 5.32 Å². The first-order chi connectivity index (χ1) is 12.0. The quantitative estimate of drug-likeness (QED) is 0.729. The molecule has 1 atom stereocenters. The molecule has 0 fully saturated rings. The van der Waals surface area contributed by atoms with E-state index in [-0.39, 0.29) is 36.7 Å². The van der Waals surface area contributed by atoms with Crippen LogP contribution in [0, 0.1) is 0 Å². The Hall–Kier alpha value is -1.99. The molecule has 7 heteroatoms. The highest BCUT2D eigenvalue weighted by atomic mass is 79.9. The number of imide groups is 1. The summed E-state index contributed by atoms with van der Waals surface area (Å²) in [6.07, 6.45) is 0.858. The Labute approximate surface area is 158 Å². The number of halogens is 1. The number of hydrogen-bond acceptors (Lipinski definition) is 4. The number of thiophene rings is 1. The fourth-order valence-corrected chi connectivity index (χ4v) is 3.88. The van der Waals surface area contributed by atoms with Gasteiger partial charge >= 0.3 is 0 Å². The van der Waals surface area contributed by atoms with Gasteiger partial charge in [0.1, 0.15) is 0 Å². The fraction of sp³-hybridized carbons (Fsp3) is 0.278. The summed E-state index contributed by atoms with van der Waals surface area (Å²) in [5.41, 5.74) is 1.95. The first kappa shape index (κ1) is 17.8. The maximum Gasteiger partial charge on any atom is 0.261 e. The number of fused-ring (bicyclic) bond motifs is 1. The Morgan fingerprint density at radius 1 is 1.24 bits per heavy atom. The number of nitrogens with zero attached hydrogens (tertiary/aromatic N) is 1. The maximum absolute atomic E-state index is 12.4. The first-order valence-corrected chi connectivity index (χ1v) is 9.65. The molecule has 1 aromatic carbocycles. The average Bonchev–Trinajstić information content (AvgIpc) is 3.14. The number of rotatable bonds is 6. The summed E-state index contributed by atoms with van der Waals surface area (Å²) in [5.74, 6) is -0.854. The van der Waals surface area contributed by atoms with Crippen molar-refractivity contribution in [1.82, 2.24) is 10.2 Å². The van der Waals surface area contributed by atoms with Crippen LogP contribution in [-0.4, -0.2) is 35.2 Å². The van der Waals surface area contributed by atoms with E-state index in [0.29, 0.717) is 11.1 Å². The Kier molecular flexibility index (Phi) is 5.34. The van der Waals surface area contributed by atoms with E-state index in [1.54, 1.807) is 29.5 Å². The number of nitrogens with one attached hydrogen (secondary N) is 1. The maximum atomic E-state index is 12.4. The lowest BCUT2D eigenvalue weighted by Gasteiger charge is -2.16. The number of carbonyl (C=O) groups excluding carboxylic acids is 3. The van der Waals surface area contributed by atoms with Crippen LogP contribution < -0.4 is 5.32 Å². The molecule has 0 saturated heterocycles. The number of hydrogen-bond donors (Lipinski definition) is 1. The van der Waals surface area contributed by atoms with Gasteiger partial charge in [0.05, 0.1) is 11.1 Å². The molecule has 1 aromatic heterocycles. The second kappa shape index (κ2) is 7.49. The van der Waals surface area contributed by atoms with Gasteiger partial charge in [0.25, 0.3) is 11.8 Å². The highest BCUT2D eigenvalue weighted by molar-refractivity contribution is 9.10. The van der Waals surface area contributed by atoms with Crippen LogP contribution in [-0.2, 0) is 11.2 Å². The number of carbonyl (C=O) groups is 3. The molecule has 2 aromatic rings. The van der Waals surface area contributed by atoms with Crippen LogP contribution >= 0.6 is 27.3 Å². The van der Waals surface area contributed by atoms with Crippen molar-refractivity contribution in [3.05, 3.63) is 56.2 Å². The van der Waals surface area contributed by atoms with Gasteiger partial charge in [0, 0.05) is 23.5 Å². The largest absolute Gasteiger partial charge is 0.353 e. The molecule has 1 aliphatic rings. The SMILES string of the molecule is C[C@@H](Cc1ccsc1)NC(=O)CCN1C(=O)c2ccc(Br)cc2C1=O. The second-order valence-electron chi connectivity index (χ2n) is 6.01. The standard InChI is InChI=1S/C18H17BrN2O3S/c1-11(8-12-5-7-25-10-12)20-16(22)4-6-21-17(23)14-3-2-13(19)9-15(14)18(21)24/h2-3,5,7,9-11H,4,6,8H2,1H3,(H,20,22)/t11-/m0/s1. The third kappa shape index (κ3) is 3.99. The average molecular weight is 421 g/mol. The molecular weight excluding hydrogens is 404 g/mol. The van der Waals surface area contributed by atoms with Gasteiger partial charge in [0.2, 0.25) is 5.91 Å². The van der Waals surface area contributed by atoms with Crippen LogP contribution in [0.15, 0.2) is 39.5 Å². The molecule has 0 radical (unpaired) electrons. The zero-order chi connectivity index (χ0) is 18.0. The Balaban J connectivity index is 1.54. The third-order valence-electron chi connectivity index (χ3n) is 4.02. The zero-order valence-electron chi connectivity index (χ0n) is 13.6. The van der Waals surface area contributed by atoms with Crippen molar-refractivity contribution in [2.45, 2.75) is 25.8 Å². The predicted molar refractivity (Wildman–Crippen MR) is 99.8 cm³/mol. The second-order valence-corrected chi connectivity index (χ2v) is 7.70. The normalized spacial score (nSPS) is 14.6. The van der Waals surface area contributed by atoms with Crippen molar-refractivity contribution >= 4 is 45.0 Å². The molecule has 2 heterocycles. The molecule has 0 bridgehead atoms. The minimum absolute atomic E-state index is 0.000216.